The Morgan fingerprint density at radius 1 is 0.293 bits per heavy atom. The Balaban J connectivity index is 1.08. The summed E-state index contributed by atoms with van der Waals surface area (Å²) in [5.74, 6) is 0.712. The van der Waals surface area contributed by atoms with E-state index in [2.05, 4.69) is 191 Å². The predicted molar refractivity (Wildman–Crippen MR) is 242 cm³/mol. The van der Waals surface area contributed by atoms with Crippen LogP contribution in [-0.2, 0) is 0 Å². The SMILES string of the molecule is c1ccc(-c2cc(-c3ccc4c(-n5c6ccccc6c6cc7c8ccccc8n(-c8ccc9ccccc9c8)c7cc65)cccc4c3)nc(-c3ccccc3)n2)cc1. The van der Waals surface area contributed by atoms with Gasteiger partial charge in [0.15, 0.2) is 5.82 Å². The highest BCUT2D eigenvalue weighted by Gasteiger charge is 2.20. The van der Waals surface area contributed by atoms with Crippen LogP contribution in [0.15, 0.2) is 206 Å². The second kappa shape index (κ2) is 12.9. The van der Waals surface area contributed by atoms with Gasteiger partial charge in [0.05, 0.1) is 39.1 Å². The van der Waals surface area contributed by atoms with Gasteiger partial charge < -0.3 is 9.13 Å². The molecule has 270 valence electrons. The number of nitrogens with zero attached hydrogens (tertiary/aromatic N) is 4. The number of para-hydroxylation sites is 2. The molecule has 0 bridgehead atoms. The van der Waals surface area contributed by atoms with Crippen molar-refractivity contribution in [2.24, 2.45) is 0 Å². The molecule has 12 rings (SSSR count). The molecule has 0 saturated heterocycles. The van der Waals surface area contributed by atoms with Crippen molar-refractivity contribution in [3.63, 3.8) is 0 Å². The lowest BCUT2D eigenvalue weighted by molar-refractivity contribution is 1.17. The molecule has 9 aromatic carbocycles. The third-order valence-corrected chi connectivity index (χ3v) is 11.7. The van der Waals surface area contributed by atoms with Gasteiger partial charge in [-0.05, 0) is 70.8 Å². The van der Waals surface area contributed by atoms with E-state index in [0.717, 1.165) is 44.8 Å². The molecule has 0 radical (unpaired) electrons. The molecule has 0 aliphatic rings. The van der Waals surface area contributed by atoms with Crippen molar-refractivity contribution in [2.45, 2.75) is 0 Å². The quantitative estimate of drug-likeness (QED) is 0.176. The number of rotatable bonds is 5. The molecule has 0 spiro atoms. The van der Waals surface area contributed by atoms with E-state index in [9.17, 15) is 0 Å². The van der Waals surface area contributed by atoms with E-state index in [0.29, 0.717) is 5.82 Å². The average molecular weight is 739 g/mol. The molecule has 0 saturated carbocycles. The molecule has 0 fully saturated rings. The molecule has 0 N–H and O–H groups in total. The van der Waals surface area contributed by atoms with E-state index in [4.69, 9.17) is 9.97 Å². The molecule has 3 heterocycles. The second-order valence-corrected chi connectivity index (χ2v) is 15.0. The summed E-state index contributed by atoms with van der Waals surface area (Å²) in [5.41, 5.74) is 11.9. The Bertz CT molecular complexity index is 3500. The zero-order valence-electron chi connectivity index (χ0n) is 31.4. The number of hydrogen-bond donors (Lipinski definition) is 0. The normalized spacial score (nSPS) is 11.8. The number of aromatic nitrogens is 4. The maximum Gasteiger partial charge on any atom is 0.160 e. The smallest absolute Gasteiger partial charge is 0.160 e. The Morgan fingerprint density at radius 2 is 0.897 bits per heavy atom. The van der Waals surface area contributed by atoms with Crippen LogP contribution in [0.1, 0.15) is 0 Å². The van der Waals surface area contributed by atoms with Crippen LogP contribution in [0, 0.1) is 0 Å². The Hall–Kier alpha value is -7.82. The van der Waals surface area contributed by atoms with Crippen LogP contribution in [-0.4, -0.2) is 19.1 Å². The Morgan fingerprint density at radius 3 is 1.66 bits per heavy atom. The van der Waals surface area contributed by atoms with Gasteiger partial charge in [0.25, 0.3) is 0 Å². The van der Waals surface area contributed by atoms with Gasteiger partial charge in [-0.3, -0.25) is 0 Å². The summed E-state index contributed by atoms with van der Waals surface area (Å²) in [7, 11) is 0. The first-order valence-electron chi connectivity index (χ1n) is 19.7. The van der Waals surface area contributed by atoms with E-state index in [-0.39, 0.29) is 0 Å². The van der Waals surface area contributed by atoms with Crippen molar-refractivity contribution in [1.82, 2.24) is 19.1 Å². The largest absolute Gasteiger partial charge is 0.309 e. The molecule has 0 amide bonds. The summed E-state index contributed by atoms with van der Waals surface area (Å²) < 4.78 is 4.89. The fourth-order valence-electron chi connectivity index (χ4n) is 8.97. The van der Waals surface area contributed by atoms with E-state index in [1.165, 1.54) is 59.8 Å². The zero-order chi connectivity index (χ0) is 38.2. The summed E-state index contributed by atoms with van der Waals surface area (Å²) in [6, 6.07) is 73.9. The van der Waals surface area contributed by atoms with Crippen LogP contribution >= 0.6 is 0 Å². The van der Waals surface area contributed by atoms with Crippen molar-refractivity contribution in [2.75, 3.05) is 0 Å². The van der Waals surface area contributed by atoms with Gasteiger partial charge in [-0.1, -0.05) is 152 Å². The first-order valence-corrected chi connectivity index (χ1v) is 19.7. The van der Waals surface area contributed by atoms with Gasteiger partial charge in [0.2, 0.25) is 0 Å². The van der Waals surface area contributed by atoms with Gasteiger partial charge in [0.1, 0.15) is 0 Å². The third-order valence-electron chi connectivity index (χ3n) is 11.7. The fraction of sp³-hybridized carbons (Fsp3) is 0. The van der Waals surface area contributed by atoms with E-state index in [1.54, 1.807) is 0 Å². The standard InChI is InChI=1S/C54H34N4/c1-3-15-36(16-4-1)47-33-48(56-54(55-47)37-17-5-2-6-18-37)40-27-29-42-39(30-40)20-13-25-49(42)58-51-24-12-10-22-44(51)46-32-45-43-21-9-11-23-50(43)57(52(45)34-53(46)58)41-28-26-35-14-7-8-19-38(35)31-41/h1-34H. The van der Waals surface area contributed by atoms with Crippen LogP contribution in [0.4, 0.5) is 0 Å². The van der Waals surface area contributed by atoms with Gasteiger partial charge in [-0.15, -0.1) is 0 Å². The van der Waals surface area contributed by atoms with E-state index in [1.807, 2.05) is 24.3 Å². The van der Waals surface area contributed by atoms with Crippen molar-refractivity contribution < 1.29 is 0 Å². The second-order valence-electron chi connectivity index (χ2n) is 15.0. The fourth-order valence-corrected chi connectivity index (χ4v) is 8.97. The molecule has 4 heteroatoms. The monoisotopic (exact) mass is 738 g/mol. The third kappa shape index (κ3) is 5.09. The van der Waals surface area contributed by atoms with Gasteiger partial charge >= 0.3 is 0 Å². The molecule has 0 aliphatic carbocycles. The van der Waals surface area contributed by atoms with Gasteiger partial charge in [-0.2, -0.15) is 0 Å². The molecular formula is C54H34N4. The first kappa shape index (κ1) is 32.4. The Labute approximate surface area is 334 Å². The lowest BCUT2D eigenvalue weighted by Crippen LogP contribution is -1.98. The van der Waals surface area contributed by atoms with Crippen molar-refractivity contribution in [3.8, 4) is 45.3 Å². The summed E-state index contributed by atoms with van der Waals surface area (Å²) in [4.78, 5) is 10.2. The van der Waals surface area contributed by atoms with Crippen LogP contribution in [0.5, 0.6) is 0 Å². The van der Waals surface area contributed by atoms with E-state index < -0.39 is 0 Å². The molecule has 3 aromatic heterocycles. The Kier molecular flexibility index (Phi) is 7.20. The summed E-state index contributed by atoms with van der Waals surface area (Å²) >= 11 is 0. The maximum absolute atomic E-state index is 5.14. The van der Waals surface area contributed by atoms with Gasteiger partial charge in [-0.25, -0.2) is 9.97 Å². The molecule has 0 unspecified atom stereocenters. The average Bonchev–Trinajstić information content (AvgIpc) is 3.80. The highest BCUT2D eigenvalue weighted by molar-refractivity contribution is 6.19. The number of hydrogen-bond acceptors (Lipinski definition) is 2. The van der Waals surface area contributed by atoms with Crippen LogP contribution in [0.25, 0.3) is 110 Å². The molecular weight excluding hydrogens is 705 g/mol. The minimum absolute atomic E-state index is 0.712. The highest BCUT2D eigenvalue weighted by atomic mass is 15.0. The van der Waals surface area contributed by atoms with Crippen LogP contribution in [0.2, 0.25) is 0 Å². The number of fused-ring (bicyclic) bond motifs is 8. The minimum atomic E-state index is 0.712. The van der Waals surface area contributed by atoms with Crippen LogP contribution < -0.4 is 0 Å². The molecule has 0 aliphatic heterocycles. The number of benzene rings is 9. The maximum atomic E-state index is 5.14. The van der Waals surface area contributed by atoms with Gasteiger partial charge in [0, 0.05) is 49.3 Å². The highest BCUT2D eigenvalue weighted by Crippen LogP contribution is 2.41. The minimum Gasteiger partial charge on any atom is -0.309 e. The summed E-state index contributed by atoms with van der Waals surface area (Å²) in [6.07, 6.45) is 0. The topological polar surface area (TPSA) is 35.6 Å². The lowest BCUT2D eigenvalue weighted by Gasteiger charge is -2.14. The predicted octanol–water partition coefficient (Wildman–Crippen LogP) is 14.0. The molecule has 58 heavy (non-hydrogen) atoms. The van der Waals surface area contributed by atoms with E-state index >= 15 is 0 Å². The summed E-state index contributed by atoms with van der Waals surface area (Å²) in [6.45, 7) is 0. The van der Waals surface area contributed by atoms with Crippen molar-refractivity contribution in [3.05, 3.63) is 206 Å². The van der Waals surface area contributed by atoms with Crippen LogP contribution in [0.3, 0.4) is 0 Å². The zero-order valence-corrected chi connectivity index (χ0v) is 31.4. The molecule has 0 atom stereocenters. The lowest BCUT2D eigenvalue weighted by atomic mass is 10.0. The van der Waals surface area contributed by atoms with Crippen molar-refractivity contribution >= 4 is 65.2 Å². The van der Waals surface area contributed by atoms with Crippen molar-refractivity contribution in [1.29, 1.82) is 0 Å². The first-order chi connectivity index (χ1) is 28.7. The molecule has 4 nitrogen and oxygen atoms in total. The summed E-state index contributed by atoms with van der Waals surface area (Å²) in [5, 5.41) is 9.75. The molecule has 12 aromatic rings.